The van der Waals surface area contributed by atoms with E-state index >= 15 is 0 Å². The number of allylic oxidation sites excluding steroid dienone is 2. The van der Waals surface area contributed by atoms with Gasteiger partial charge in [0.05, 0.1) is 22.5 Å². The number of carbonyl (C=O) groups is 3. The minimum atomic E-state index is -0.214. The van der Waals surface area contributed by atoms with Crippen molar-refractivity contribution in [3.63, 3.8) is 0 Å². The van der Waals surface area contributed by atoms with Crippen LogP contribution < -0.4 is 30.7 Å². The number of aliphatic hydroxyl groups is 1. The number of aliphatic hydroxyl groups excluding tert-OH is 1. The number of aryl methyl sites for hydroxylation is 2. The molecule has 3 N–H and O–H groups in total. The second-order valence-electron chi connectivity index (χ2n) is 15.8. The summed E-state index contributed by atoms with van der Waals surface area (Å²) in [6.07, 6.45) is 19.1. The zero-order valence-electron chi connectivity index (χ0n) is 31.7. The number of unbranched alkanes of at least 4 members (excludes halogenated alkanes) is 8. The molecule has 8 nitrogen and oxygen atoms in total. The van der Waals surface area contributed by atoms with Gasteiger partial charge in [0, 0.05) is 66.4 Å². The van der Waals surface area contributed by atoms with E-state index in [1.165, 1.54) is 35.0 Å². The second-order valence-corrected chi connectivity index (χ2v) is 15.8. The molecule has 8 heteroatoms. The lowest BCUT2D eigenvalue weighted by Crippen LogP contribution is -2.46. The van der Waals surface area contributed by atoms with E-state index < -0.39 is 0 Å². The Morgan fingerprint density at radius 2 is 1.31 bits per heavy atom. The minimum absolute atomic E-state index is 0.0265. The van der Waals surface area contributed by atoms with Gasteiger partial charge in [-0.1, -0.05) is 65.2 Å². The number of ketones is 1. The highest BCUT2D eigenvalue weighted by molar-refractivity contribution is 6.52. The highest BCUT2D eigenvalue weighted by Crippen LogP contribution is 2.47. The predicted molar refractivity (Wildman–Crippen MR) is 211 cm³/mol. The molecule has 4 heterocycles. The number of hydrogen-bond acceptors (Lipinski definition) is 5. The molecule has 2 aromatic rings. The van der Waals surface area contributed by atoms with E-state index in [2.05, 4.69) is 46.1 Å². The summed E-state index contributed by atoms with van der Waals surface area (Å²) in [7, 11) is 0. The van der Waals surface area contributed by atoms with Gasteiger partial charge < -0.3 is 20.6 Å². The van der Waals surface area contributed by atoms with Crippen molar-refractivity contribution in [3.05, 3.63) is 56.3 Å². The number of amides is 2. The van der Waals surface area contributed by atoms with Crippen molar-refractivity contribution in [2.24, 2.45) is 0 Å². The van der Waals surface area contributed by atoms with Crippen molar-refractivity contribution in [2.75, 3.05) is 41.7 Å². The van der Waals surface area contributed by atoms with Crippen LogP contribution in [-0.2, 0) is 40.1 Å². The van der Waals surface area contributed by atoms with Crippen molar-refractivity contribution < 1.29 is 19.5 Å². The number of benzene rings is 2. The quantitative estimate of drug-likeness (QED) is 0.136. The summed E-state index contributed by atoms with van der Waals surface area (Å²) in [6.45, 7) is 8.38. The molecular formula is C44H59N4O4+. The lowest BCUT2D eigenvalue weighted by Gasteiger charge is -2.39. The Hall–Kier alpha value is -3.94. The molecule has 0 spiro atoms. The van der Waals surface area contributed by atoms with Gasteiger partial charge in [-0.05, 0) is 74.6 Å². The fourth-order valence-corrected chi connectivity index (χ4v) is 9.48. The van der Waals surface area contributed by atoms with Gasteiger partial charge in [-0.15, -0.1) is 0 Å². The van der Waals surface area contributed by atoms with Gasteiger partial charge in [-0.3, -0.25) is 14.4 Å². The van der Waals surface area contributed by atoms with Crippen LogP contribution in [0.3, 0.4) is 0 Å². The van der Waals surface area contributed by atoms with E-state index in [4.69, 9.17) is 0 Å². The highest BCUT2D eigenvalue weighted by atomic mass is 16.3. The summed E-state index contributed by atoms with van der Waals surface area (Å²) in [4.78, 5) is 44.0. The molecule has 52 heavy (non-hydrogen) atoms. The Bertz CT molecular complexity index is 1900. The Balaban J connectivity index is 1.31. The molecule has 7 rings (SSSR count). The van der Waals surface area contributed by atoms with Crippen LogP contribution in [0.1, 0.15) is 144 Å². The fourth-order valence-electron chi connectivity index (χ4n) is 9.48. The van der Waals surface area contributed by atoms with Gasteiger partial charge >= 0.3 is 0 Å². The van der Waals surface area contributed by atoms with Crippen molar-refractivity contribution in [1.29, 1.82) is 0 Å². The topological polar surface area (TPSA) is 102 Å². The number of hydrogen-bond donors (Lipinski definition) is 3. The maximum atomic E-state index is 14.6. The van der Waals surface area contributed by atoms with Crippen molar-refractivity contribution in [1.82, 2.24) is 4.58 Å². The number of carbonyl (C=O) groups excluding carboxylic acids is 3. The van der Waals surface area contributed by atoms with Gasteiger partial charge in [-0.25, -0.2) is 4.58 Å². The molecule has 0 atom stereocenters. The average molecular weight is 708 g/mol. The fraction of sp³-hybridized carbons (Fsp3) is 0.591. The summed E-state index contributed by atoms with van der Waals surface area (Å²) in [5, 5.41) is 20.5. The van der Waals surface area contributed by atoms with Crippen molar-refractivity contribution in [2.45, 2.75) is 142 Å². The number of rotatable bonds is 15. The number of nitrogens with one attached hydrogen (secondary N) is 2. The summed E-state index contributed by atoms with van der Waals surface area (Å²) < 4.78 is 2.44. The number of nitrogens with zero attached hydrogens (tertiary/aromatic N) is 2. The summed E-state index contributed by atoms with van der Waals surface area (Å²) in [5.74, 6) is -0.304. The lowest BCUT2D eigenvalue weighted by atomic mass is 9.77. The monoisotopic (exact) mass is 707 g/mol. The van der Waals surface area contributed by atoms with E-state index in [1.54, 1.807) is 0 Å². The first-order valence-corrected chi connectivity index (χ1v) is 20.7. The van der Waals surface area contributed by atoms with Crippen molar-refractivity contribution >= 4 is 45.8 Å². The molecule has 0 saturated heterocycles. The lowest BCUT2D eigenvalue weighted by molar-refractivity contribution is -0.117. The molecule has 0 saturated carbocycles. The first-order chi connectivity index (χ1) is 25.4. The second kappa shape index (κ2) is 16.4. The third-order valence-corrected chi connectivity index (χ3v) is 12.1. The number of anilines is 3. The molecule has 2 aromatic carbocycles. The zero-order valence-corrected chi connectivity index (χ0v) is 31.7. The first kappa shape index (κ1) is 36.4. The molecule has 2 amide bonds. The maximum absolute atomic E-state index is 14.6. The van der Waals surface area contributed by atoms with Crippen LogP contribution in [0, 0.1) is 0 Å². The summed E-state index contributed by atoms with van der Waals surface area (Å²) >= 11 is 0. The van der Waals surface area contributed by atoms with Gasteiger partial charge in [0.1, 0.15) is 18.8 Å². The van der Waals surface area contributed by atoms with Gasteiger partial charge in [0.25, 0.3) is 0 Å². The van der Waals surface area contributed by atoms with E-state index in [-0.39, 0.29) is 34.5 Å². The van der Waals surface area contributed by atoms with Crippen LogP contribution in [0.4, 0.5) is 17.1 Å². The van der Waals surface area contributed by atoms with E-state index in [0.717, 1.165) is 140 Å². The average Bonchev–Trinajstić information content (AvgIpc) is 3.14. The molecule has 278 valence electrons. The molecular weight excluding hydrogens is 649 g/mol. The molecule has 0 aromatic heterocycles. The molecule has 5 aliphatic rings. The molecule has 0 radical (unpaired) electrons. The zero-order chi connectivity index (χ0) is 36.2. The molecule has 0 fully saturated rings. The Morgan fingerprint density at radius 1 is 0.712 bits per heavy atom. The van der Waals surface area contributed by atoms with Gasteiger partial charge in [-0.2, -0.15) is 0 Å². The smallest absolute Gasteiger partial charge is 0.224 e. The molecule has 1 aliphatic carbocycles. The maximum Gasteiger partial charge on any atom is 0.224 e. The number of Topliss-reactive ketones (excluding diaryl/α,β-unsaturated/α-hetero) is 1. The van der Waals surface area contributed by atoms with E-state index in [1.807, 2.05) is 0 Å². The van der Waals surface area contributed by atoms with Crippen LogP contribution in [0.15, 0.2) is 17.9 Å². The van der Waals surface area contributed by atoms with E-state index in [9.17, 15) is 19.5 Å². The van der Waals surface area contributed by atoms with Crippen LogP contribution >= 0.6 is 0 Å². The Labute approximate surface area is 309 Å². The summed E-state index contributed by atoms with van der Waals surface area (Å²) in [5.41, 5.74) is 8.43. The minimum Gasteiger partial charge on any atom is -0.506 e. The standard InChI is InChI=1S/C44H58N4O4/c1-3-5-7-9-11-21-35(49)45-39-31-19-15-25-47-23-13-17-29(41(31)47)27-33(39)37-43(51)38(44(37)52)34-28-30-18-14-24-48-26-16-20-32(42(30)48)40(34)46-36(50)22-12-10-8-6-4-2/h27-28H,3-26H2,1-2H3,(H2,45,46,49,50,51,52)/p+1. The van der Waals surface area contributed by atoms with Gasteiger partial charge in [0.2, 0.25) is 23.0 Å². The van der Waals surface area contributed by atoms with Crippen LogP contribution in [0.25, 0.3) is 11.1 Å². The van der Waals surface area contributed by atoms with E-state index in [0.29, 0.717) is 35.0 Å². The Morgan fingerprint density at radius 3 is 1.98 bits per heavy atom. The third-order valence-electron chi connectivity index (χ3n) is 12.1. The van der Waals surface area contributed by atoms with Crippen LogP contribution in [0.2, 0.25) is 0 Å². The van der Waals surface area contributed by atoms with Gasteiger partial charge in [0.15, 0.2) is 0 Å². The highest BCUT2D eigenvalue weighted by Gasteiger charge is 2.40. The first-order valence-electron chi connectivity index (χ1n) is 20.7. The summed E-state index contributed by atoms with van der Waals surface area (Å²) in [6, 6.07) is 4.15. The molecule has 0 unspecified atom stereocenters. The largest absolute Gasteiger partial charge is 0.506 e. The third kappa shape index (κ3) is 7.19. The molecule has 4 aliphatic heterocycles. The van der Waals surface area contributed by atoms with Crippen molar-refractivity contribution in [3.8, 4) is 0 Å². The normalized spacial score (nSPS) is 18.5. The Kier molecular flexibility index (Phi) is 11.5. The molecule has 0 bridgehead atoms. The van der Waals surface area contributed by atoms with Crippen LogP contribution in [-0.4, -0.2) is 48.9 Å². The SMILES string of the molecule is CCCCCCCC(=O)Nc1c(C2=C(O)/C(=c3\cc4c5c(c3NC(=O)CCCCCCC)CCC[N+]=5CCC4)C2=O)cc2c3c1CCCN3CCC2. The van der Waals surface area contributed by atoms with Crippen LogP contribution in [0.5, 0.6) is 0 Å². The predicted octanol–water partition coefficient (Wildman–Crippen LogP) is 7.07.